The molecule has 1 aliphatic rings. The number of hydrogen-bond acceptors (Lipinski definition) is 4. The Morgan fingerprint density at radius 1 is 1.17 bits per heavy atom. The van der Waals surface area contributed by atoms with Gasteiger partial charge in [0.25, 0.3) is 5.91 Å². The summed E-state index contributed by atoms with van der Waals surface area (Å²) < 4.78 is 11.6. The third kappa shape index (κ3) is 4.14. The highest BCUT2D eigenvalue weighted by atomic mass is 79.9. The Bertz CT molecular complexity index is 772. The van der Waals surface area contributed by atoms with E-state index in [1.165, 1.54) is 0 Å². The first-order valence-electron chi connectivity index (χ1n) is 7.59. The minimum absolute atomic E-state index is 0.218. The van der Waals surface area contributed by atoms with E-state index in [4.69, 9.17) is 9.47 Å². The van der Waals surface area contributed by atoms with E-state index in [2.05, 4.69) is 26.5 Å². The van der Waals surface area contributed by atoms with Gasteiger partial charge < -0.3 is 9.47 Å². The van der Waals surface area contributed by atoms with Crippen LogP contribution >= 0.6 is 15.9 Å². The number of halogens is 1. The number of amides is 1. The number of rotatable bonds is 5. The lowest BCUT2D eigenvalue weighted by Gasteiger charge is -2.05. The van der Waals surface area contributed by atoms with Crippen LogP contribution in [-0.4, -0.2) is 18.4 Å². The second kappa shape index (κ2) is 7.49. The predicted octanol–water partition coefficient (Wildman–Crippen LogP) is 3.92. The number of aryl methyl sites for hydroxylation is 1. The van der Waals surface area contributed by atoms with Crippen LogP contribution in [0, 0.1) is 0 Å². The molecule has 1 heterocycles. The lowest BCUT2D eigenvalue weighted by molar-refractivity contribution is 0.0954. The summed E-state index contributed by atoms with van der Waals surface area (Å²) in [5, 5.41) is 4.16. The van der Waals surface area contributed by atoms with E-state index < -0.39 is 0 Å². The lowest BCUT2D eigenvalue weighted by atomic mass is 10.1. The van der Waals surface area contributed by atoms with Crippen molar-refractivity contribution in [1.29, 1.82) is 0 Å². The molecule has 0 spiro atoms. The van der Waals surface area contributed by atoms with Crippen molar-refractivity contribution in [2.75, 3.05) is 6.79 Å². The molecule has 1 amide bonds. The molecule has 3 rings (SSSR count). The molecular weight excluding hydrogens is 372 g/mol. The Kier molecular flexibility index (Phi) is 5.15. The van der Waals surface area contributed by atoms with Gasteiger partial charge in [-0.15, -0.1) is 0 Å². The number of nitrogens with one attached hydrogen (secondary N) is 1. The average molecular weight is 389 g/mol. The number of carbonyl (C=O) groups excluding carboxylic acids is 1. The van der Waals surface area contributed by atoms with Crippen LogP contribution in [-0.2, 0) is 6.42 Å². The number of carbonyl (C=O) groups is 1. The fraction of sp³-hybridized carbons (Fsp3) is 0.222. The van der Waals surface area contributed by atoms with Crippen LogP contribution in [0.3, 0.4) is 0 Å². The summed E-state index contributed by atoms with van der Waals surface area (Å²) in [6.07, 6.45) is 1.57. The summed E-state index contributed by atoms with van der Waals surface area (Å²) in [6, 6.07) is 13.1. The number of ether oxygens (including phenoxy) is 2. The molecule has 0 saturated heterocycles. The van der Waals surface area contributed by atoms with Gasteiger partial charge in [0, 0.05) is 15.7 Å². The highest BCUT2D eigenvalue weighted by Crippen LogP contribution is 2.32. The Morgan fingerprint density at radius 2 is 1.92 bits per heavy atom. The standard InChI is InChI=1S/C18H17BrN2O3/c1-12(20-21-18(22)14-5-7-15(19)8-6-14)2-3-13-4-9-16-17(10-13)24-11-23-16/h4-10H,2-3,11H2,1H3,(H,21,22)/b20-12+. The maximum absolute atomic E-state index is 12.0. The number of nitrogens with zero attached hydrogens (tertiary/aromatic N) is 1. The Hall–Kier alpha value is -2.34. The molecule has 0 aromatic heterocycles. The fourth-order valence-electron chi connectivity index (χ4n) is 2.29. The normalized spacial score (nSPS) is 13.0. The summed E-state index contributed by atoms with van der Waals surface area (Å²) in [7, 11) is 0. The highest BCUT2D eigenvalue weighted by molar-refractivity contribution is 9.10. The van der Waals surface area contributed by atoms with Crippen molar-refractivity contribution in [1.82, 2.24) is 5.43 Å². The molecule has 0 aliphatic carbocycles. The van der Waals surface area contributed by atoms with Gasteiger partial charge in [-0.2, -0.15) is 5.10 Å². The third-order valence-electron chi connectivity index (χ3n) is 3.67. The highest BCUT2D eigenvalue weighted by Gasteiger charge is 2.13. The summed E-state index contributed by atoms with van der Waals surface area (Å²) in [5.74, 6) is 1.35. The minimum Gasteiger partial charge on any atom is -0.454 e. The van der Waals surface area contributed by atoms with Gasteiger partial charge in [0.1, 0.15) is 0 Å². The van der Waals surface area contributed by atoms with Crippen LogP contribution in [0.4, 0.5) is 0 Å². The topological polar surface area (TPSA) is 59.9 Å². The molecule has 0 saturated carbocycles. The Morgan fingerprint density at radius 3 is 2.71 bits per heavy atom. The first-order chi connectivity index (χ1) is 11.6. The van der Waals surface area contributed by atoms with Crippen LogP contribution in [0.25, 0.3) is 0 Å². The van der Waals surface area contributed by atoms with Gasteiger partial charge in [-0.05, 0) is 61.7 Å². The van der Waals surface area contributed by atoms with Crippen molar-refractivity contribution in [2.45, 2.75) is 19.8 Å². The van der Waals surface area contributed by atoms with Crippen molar-refractivity contribution in [3.8, 4) is 11.5 Å². The van der Waals surface area contributed by atoms with E-state index >= 15 is 0 Å². The lowest BCUT2D eigenvalue weighted by Crippen LogP contribution is -2.19. The van der Waals surface area contributed by atoms with E-state index in [0.29, 0.717) is 5.56 Å². The van der Waals surface area contributed by atoms with E-state index in [1.54, 1.807) is 12.1 Å². The predicted molar refractivity (Wildman–Crippen MR) is 95.6 cm³/mol. The monoisotopic (exact) mass is 388 g/mol. The molecule has 0 unspecified atom stereocenters. The van der Waals surface area contributed by atoms with Crippen molar-refractivity contribution in [2.24, 2.45) is 5.10 Å². The molecule has 1 N–H and O–H groups in total. The van der Waals surface area contributed by atoms with E-state index in [-0.39, 0.29) is 12.7 Å². The molecule has 5 nitrogen and oxygen atoms in total. The molecule has 1 aliphatic heterocycles. The van der Waals surface area contributed by atoms with Gasteiger partial charge in [0.05, 0.1) is 0 Å². The van der Waals surface area contributed by atoms with Crippen LogP contribution in [0.1, 0.15) is 29.3 Å². The van der Waals surface area contributed by atoms with Crippen molar-refractivity contribution in [3.63, 3.8) is 0 Å². The fourth-order valence-corrected chi connectivity index (χ4v) is 2.55. The average Bonchev–Trinajstić information content (AvgIpc) is 3.06. The van der Waals surface area contributed by atoms with Crippen LogP contribution in [0.2, 0.25) is 0 Å². The summed E-state index contributed by atoms with van der Waals surface area (Å²) >= 11 is 3.34. The molecule has 2 aromatic carbocycles. The van der Waals surface area contributed by atoms with E-state index in [0.717, 1.165) is 40.1 Å². The zero-order valence-corrected chi connectivity index (χ0v) is 14.8. The zero-order valence-electron chi connectivity index (χ0n) is 13.2. The van der Waals surface area contributed by atoms with Crippen LogP contribution < -0.4 is 14.9 Å². The molecule has 124 valence electrons. The van der Waals surface area contributed by atoms with Crippen molar-refractivity contribution < 1.29 is 14.3 Å². The zero-order chi connectivity index (χ0) is 16.9. The van der Waals surface area contributed by atoms with Crippen molar-refractivity contribution >= 4 is 27.5 Å². The summed E-state index contributed by atoms with van der Waals surface area (Å²) in [6.45, 7) is 2.18. The molecule has 0 bridgehead atoms. The first kappa shape index (κ1) is 16.5. The second-order valence-electron chi connectivity index (χ2n) is 5.48. The van der Waals surface area contributed by atoms with Gasteiger partial charge in [0.2, 0.25) is 6.79 Å². The molecule has 0 atom stereocenters. The number of hydrazone groups is 1. The first-order valence-corrected chi connectivity index (χ1v) is 8.39. The van der Waals surface area contributed by atoms with Crippen LogP contribution in [0.15, 0.2) is 52.0 Å². The molecular formula is C18H17BrN2O3. The smallest absolute Gasteiger partial charge is 0.271 e. The van der Waals surface area contributed by atoms with Crippen molar-refractivity contribution in [3.05, 3.63) is 58.1 Å². The van der Waals surface area contributed by atoms with Gasteiger partial charge in [-0.1, -0.05) is 22.0 Å². The second-order valence-corrected chi connectivity index (χ2v) is 6.40. The van der Waals surface area contributed by atoms with Crippen LogP contribution in [0.5, 0.6) is 11.5 Å². The molecule has 0 radical (unpaired) electrons. The Balaban J connectivity index is 1.52. The quantitative estimate of drug-likeness (QED) is 0.623. The Labute approximate surface area is 148 Å². The van der Waals surface area contributed by atoms with E-state index in [9.17, 15) is 4.79 Å². The van der Waals surface area contributed by atoms with Gasteiger partial charge in [-0.3, -0.25) is 4.79 Å². The SMILES string of the molecule is C/C(CCc1ccc2c(c1)OCO2)=N\NC(=O)c1ccc(Br)cc1. The van der Waals surface area contributed by atoms with E-state index in [1.807, 2.05) is 37.3 Å². The largest absolute Gasteiger partial charge is 0.454 e. The number of benzene rings is 2. The number of fused-ring (bicyclic) bond motifs is 1. The molecule has 2 aromatic rings. The third-order valence-corrected chi connectivity index (χ3v) is 4.20. The van der Waals surface area contributed by atoms with Gasteiger partial charge in [0.15, 0.2) is 11.5 Å². The van der Waals surface area contributed by atoms with Gasteiger partial charge in [-0.25, -0.2) is 5.43 Å². The summed E-state index contributed by atoms with van der Waals surface area (Å²) in [5.41, 5.74) is 5.17. The molecule has 6 heteroatoms. The number of hydrogen-bond donors (Lipinski definition) is 1. The maximum atomic E-state index is 12.0. The minimum atomic E-state index is -0.218. The summed E-state index contributed by atoms with van der Waals surface area (Å²) in [4.78, 5) is 12.0. The maximum Gasteiger partial charge on any atom is 0.271 e. The van der Waals surface area contributed by atoms with Gasteiger partial charge >= 0.3 is 0 Å². The molecule has 0 fully saturated rings. The molecule has 24 heavy (non-hydrogen) atoms.